The predicted molar refractivity (Wildman–Crippen MR) is 94.5 cm³/mol. The third-order valence-corrected chi connectivity index (χ3v) is 3.87. The molecular formula is C19H23N3O. The van der Waals surface area contributed by atoms with Crippen LogP contribution in [0.2, 0.25) is 0 Å². The van der Waals surface area contributed by atoms with Gasteiger partial charge in [-0.1, -0.05) is 24.3 Å². The number of aromatic nitrogens is 2. The number of nitrogens with two attached hydrogens (primary N) is 1. The maximum atomic E-state index is 6.16. The lowest BCUT2D eigenvalue weighted by atomic mass is 9.93. The second-order valence-corrected chi connectivity index (χ2v) is 6.74. The van der Waals surface area contributed by atoms with Gasteiger partial charge in [0.15, 0.2) is 0 Å². The van der Waals surface area contributed by atoms with Crippen LogP contribution in [0.1, 0.15) is 33.3 Å². The molecule has 3 N–H and O–H groups in total. The quantitative estimate of drug-likeness (QED) is 0.758. The van der Waals surface area contributed by atoms with Crippen LogP contribution in [0.5, 0.6) is 5.75 Å². The molecule has 0 saturated carbocycles. The molecule has 0 saturated heterocycles. The second-order valence-electron chi connectivity index (χ2n) is 6.74. The zero-order valence-electron chi connectivity index (χ0n) is 14.1. The van der Waals surface area contributed by atoms with Crippen LogP contribution in [-0.2, 0) is 5.54 Å². The highest BCUT2D eigenvalue weighted by Gasteiger charge is 2.16. The summed E-state index contributed by atoms with van der Waals surface area (Å²) in [4.78, 5) is 0. The van der Waals surface area contributed by atoms with Crippen LogP contribution in [0, 0.1) is 0 Å². The summed E-state index contributed by atoms with van der Waals surface area (Å²) in [6, 6.07) is 12.4. The van der Waals surface area contributed by atoms with E-state index in [-0.39, 0.29) is 11.6 Å². The molecule has 0 aliphatic heterocycles. The Morgan fingerprint density at radius 2 is 1.78 bits per heavy atom. The minimum atomic E-state index is -0.343. The molecule has 4 heteroatoms. The van der Waals surface area contributed by atoms with E-state index in [4.69, 9.17) is 10.5 Å². The van der Waals surface area contributed by atoms with Gasteiger partial charge in [-0.25, -0.2) is 0 Å². The van der Waals surface area contributed by atoms with Crippen molar-refractivity contribution in [3.63, 3.8) is 0 Å². The van der Waals surface area contributed by atoms with E-state index in [2.05, 4.69) is 40.5 Å². The van der Waals surface area contributed by atoms with Crippen LogP contribution in [0.25, 0.3) is 22.0 Å². The Morgan fingerprint density at radius 3 is 2.39 bits per heavy atom. The van der Waals surface area contributed by atoms with Gasteiger partial charge < -0.3 is 10.5 Å². The van der Waals surface area contributed by atoms with Gasteiger partial charge in [-0.05, 0) is 51.0 Å². The maximum Gasteiger partial charge on any atom is 0.138 e. The van der Waals surface area contributed by atoms with E-state index in [1.54, 1.807) is 0 Å². The molecule has 0 fully saturated rings. The van der Waals surface area contributed by atoms with Gasteiger partial charge in [0, 0.05) is 11.1 Å². The first-order valence-corrected chi connectivity index (χ1v) is 7.89. The van der Waals surface area contributed by atoms with Gasteiger partial charge in [0.25, 0.3) is 0 Å². The van der Waals surface area contributed by atoms with Crippen LogP contribution in [0.3, 0.4) is 0 Å². The molecule has 120 valence electrons. The molecule has 0 unspecified atom stereocenters. The number of H-pyrrole nitrogens is 1. The summed E-state index contributed by atoms with van der Waals surface area (Å²) >= 11 is 0. The SMILES string of the molecule is CC(C)Oc1c(-c2ccc(C(C)(C)N)cc2)ccc2[nH]ncc12. The molecule has 2 aromatic carbocycles. The van der Waals surface area contributed by atoms with E-state index in [1.165, 1.54) is 0 Å². The first-order chi connectivity index (χ1) is 10.9. The lowest BCUT2D eigenvalue weighted by Gasteiger charge is -2.20. The van der Waals surface area contributed by atoms with Gasteiger partial charge in [-0.15, -0.1) is 0 Å². The fourth-order valence-corrected chi connectivity index (χ4v) is 2.66. The monoisotopic (exact) mass is 309 g/mol. The number of hydrogen-bond acceptors (Lipinski definition) is 3. The third kappa shape index (κ3) is 3.08. The molecular weight excluding hydrogens is 286 g/mol. The maximum absolute atomic E-state index is 6.16. The molecule has 4 nitrogen and oxygen atoms in total. The largest absolute Gasteiger partial charge is 0.490 e. The topological polar surface area (TPSA) is 63.9 Å². The van der Waals surface area contributed by atoms with E-state index in [9.17, 15) is 0 Å². The summed E-state index contributed by atoms with van der Waals surface area (Å²) in [6.07, 6.45) is 1.91. The Kier molecular flexibility index (Phi) is 3.86. The van der Waals surface area contributed by atoms with Gasteiger partial charge in [-0.2, -0.15) is 5.10 Å². The van der Waals surface area contributed by atoms with Crippen molar-refractivity contribution in [2.75, 3.05) is 0 Å². The fourth-order valence-electron chi connectivity index (χ4n) is 2.66. The Hall–Kier alpha value is -2.33. The molecule has 23 heavy (non-hydrogen) atoms. The highest BCUT2D eigenvalue weighted by Crippen LogP contribution is 2.37. The van der Waals surface area contributed by atoms with Gasteiger partial charge in [-0.3, -0.25) is 5.10 Å². The number of aromatic amines is 1. The Balaban J connectivity index is 2.11. The molecule has 0 bridgehead atoms. The highest BCUT2D eigenvalue weighted by molar-refractivity contribution is 5.92. The highest BCUT2D eigenvalue weighted by atomic mass is 16.5. The van der Waals surface area contributed by atoms with Crippen molar-refractivity contribution in [2.45, 2.75) is 39.3 Å². The second kappa shape index (κ2) is 5.70. The van der Waals surface area contributed by atoms with E-state index in [0.717, 1.165) is 33.3 Å². The summed E-state index contributed by atoms with van der Waals surface area (Å²) in [6.45, 7) is 8.07. The smallest absolute Gasteiger partial charge is 0.138 e. The summed E-state index contributed by atoms with van der Waals surface area (Å²) in [7, 11) is 0. The minimum absolute atomic E-state index is 0.0940. The minimum Gasteiger partial charge on any atom is -0.490 e. The van der Waals surface area contributed by atoms with Crippen LogP contribution in [0.4, 0.5) is 0 Å². The lowest BCUT2D eigenvalue weighted by Crippen LogP contribution is -2.28. The molecule has 0 radical (unpaired) electrons. The number of nitrogens with one attached hydrogen (secondary N) is 1. The standard InChI is InChI=1S/C19H23N3O/c1-12(2)23-18-15(9-10-17-16(18)11-21-22-17)13-5-7-14(8-6-13)19(3,4)20/h5-12H,20H2,1-4H3,(H,21,22). The molecule has 3 aromatic rings. The molecule has 0 aliphatic rings. The van der Waals surface area contributed by atoms with Crippen molar-refractivity contribution in [1.29, 1.82) is 0 Å². The van der Waals surface area contributed by atoms with Crippen LogP contribution >= 0.6 is 0 Å². The van der Waals surface area contributed by atoms with Crippen LogP contribution in [-0.4, -0.2) is 16.3 Å². The van der Waals surface area contributed by atoms with Crippen molar-refractivity contribution < 1.29 is 4.74 Å². The summed E-state index contributed by atoms with van der Waals surface area (Å²) in [5.74, 6) is 0.867. The van der Waals surface area contributed by atoms with E-state index in [1.807, 2.05) is 40.0 Å². The van der Waals surface area contributed by atoms with Gasteiger partial charge in [0.1, 0.15) is 5.75 Å². The van der Waals surface area contributed by atoms with Crippen LogP contribution < -0.4 is 10.5 Å². The first-order valence-electron chi connectivity index (χ1n) is 7.89. The Labute approximate surface area is 136 Å². The molecule has 1 aromatic heterocycles. The van der Waals surface area contributed by atoms with Crippen molar-refractivity contribution in [3.05, 3.63) is 48.2 Å². The van der Waals surface area contributed by atoms with Crippen molar-refractivity contribution >= 4 is 10.9 Å². The normalized spacial score (nSPS) is 12.1. The van der Waals surface area contributed by atoms with E-state index >= 15 is 0 Å². The van der Waals surface area contributed by atoms with Crippen LogP contribution in [0.15, 0.2) is 42.6 Å². The number of nitrogens with zero attached hydrogens (tertiary/aromatic N) is 1. The van der Waals surface area contributed by atoms with Gasteiger partial charge >= 0.3 is 0 Å². The average molecular weight is 309 g/mol. The zero-order chi connectivity index (χ0) is 16.6. The molecule has 0 atom stereocenters. The molecule has 1 heterocycles. The number of hydrogen-bond donors (Lipinski definition) is 2. The lowest BCUT2D eigenvalue weighted by molar-refractivity contribution is 0.246. The predicted octanol–water partition coefficient (Wildman–Crippen LogP) is 4.21. The molecule has 0 amide bonds. The van der Waals surface area contributed by atoms with Crippen molar-refractivity contribution in [2.24, 2.45) is 5.73 Å². The number of rotatable bonds is 4. The summed E-state index contributed by atoms with van der Waals surface area (Å²) in [5, 5.41) is 8.12. The zero-order valence-corrected chi connectivity index (χ0v) is 14.1. The number of benzene rings is 2. The molecule has 0 aliphatic carbocycles. The summed E-state index contributed by atoms with van der Waals surface area (Å²) < 4.78 is 6.08. The summed E-state index contributed by atoms with van der Waals surface area (Å²) in [5.41, 5.74) is 10.1. The molecule has 3 rings (SSSR count). The Bertz CT molecular complexity index is 811. The van der Waals surface area contributed by atoms with E-state index < -0.39 is 0 Å². The fraction of sp³-hybridized carbons (Fsp3) is 0.316. The van der Waals surface area contributed by atoms with Crippen molar-refractivity contribution in [1.82, 2.24) is 10.2 Å². The number of ether oxygens (including phenoxy) is 1. The third-order valence-electron chi connectivity index (χ3n) is 3.87. The number of fused-ring (bicyclic) bond motifs is 1. The van der Waals surface area contributed by atoms with Gasteiger partial charge in [0.2, 0.25) is 0 Å². The molecule has 0 spiro atoms. The average Bonchev–Trinajstić information content (AvgIpc) is 2.95. The first kappa shape index (κ1) is 15.6. The van der Waals surface area contributed by atoms with Gasteiger partial charge in [0.05, 0.1) is 23.2 Å². The Morgan fingerprint density at radius 1 is 1.09 bits per heavy atom. The van der Waals surface area contributed by atoms with E-state index in [0.29, 0.717) is 0 Å². The van der Waals surface area contributed by atoms with Crippen molar-refractivity contribution in [3.8, 4) is 16.9 Å².